The van der Waals surface area contributed by atoms with Crippen LogP contribution in [0, 0.1) is 0 Å². The Morgan fingerprint density at radius 1 is 1.28 bits per heavy atom. The number of nitrogens with two attached hydrogens (primary N) is 1. The first-order valence-electron chi connectivity index (χ1n) is 6.21. The highest BCUT2D eigenvalue weighted by atomic mass is 16.1. The van der Waals surface area contributed by atoms with Crippen LogP contribution in [0.2, 0.25) is 0 Å². The number of anilines is 1. The third-order valence-corrected chi connectivity index (χ3v) is 3.30. The monoisotopic (exact) mass is 248 g/mol. The van der Waals surface area contributed by atoms with E-state index in [-0.39, 0.29) is 23.5 Å². The van der Waals surface area contributed by atoms with Crippen LogP contribution in [0.1, 0.15) is 45.2 Å². The summed E-state index contributed by atoms with van der Waals surface area (Å²) in [5.41, 5.74) is 7.43. The Bertz CT molecular complexity index is 649. The molecule has 5 nitrogen and oxygen atoms in total. The highest BCUT2D eigenvalue weighted by Gasteiger charge is 2.19. The molecule has 0 bridgehead atoms. The minimum absolute atomic E-state index is 0.0689. The molecule has 0 fully saturated rings. The van der Waals surface area contributed by atoms with Gasteiger partial charge in [-0.1, -0.05) is 13.8 Å². The predicted octanol–water partition coefficient (Wildman–Crippen LogP) is 2.02. The lowest BCUT2D eigenvalue weighted by Crippen LogP contribution is -2.22. The van der Waals surface area contributed by atoms with Crippen molar-refractivity contribution in [1.82, 2.24) is 14.1 Å². The van der Waals surface area contributed by atoms with Crippen molar-refractivity contribution in [2.24, 2.45) is 7.05 Å². The number of aromatic nitrogens is 3. The molecule has 18 heavy (non-hydrogen) atoms. The molecule has 0 radical (unpaired) electrons. The van der Waals surface area contributed by atoms with Gasteiger partial charge in [0.15, 0.2) is 0 Å². The molecule has 0 aliphatic heterocycles. The van der Waals surface area contributed by atoms with Crippen LogP contribution in [0.15, 0.2) is 11.0 Å². The summed E-state index contributed by atoms with van der Waals surface area (Å²) >= 11 is 0. The van der Waals surface area contributed by atoms with E-state index in [1.54, 1.807) is 7.05 Å². The topological polar surface area (TPSA) is 65.8 Å². The Morgan fingerprint density at radius 3 is 2.39 bits per heavy atom. The molecule has 2 N–H and O–H groups in total. The van der Waals surface area contributed by atoms with E-state index in [0.29, 0.717) is 11.0 Å². The standard InChI is InChI=1S/C13H20N4O/c1-7(2)9-6-17(8(3)4)11-10(9)12(18)16(5)13(14)15-11/h6-8H,1-5H3,(H2,14,15). The lowest BCUT2D eigenvalue weighted by atomic mass is 10.0. The summed E-state index contributed by atoms with van der Waals surface area (Å²) in [6.45, 7) is 8.29. The van der Waals surface area contributed by atoms with Crippen LogP contribution < -0.4 is 11.3 Å². The van der Waals surface area contributed by atoms with E-state index in [0.717, 1.165) is 5.56 Å². The summed E-state index contributed by atoms with van der Waals surface area (Å²) in [7, 11) is 1.65. The zero-order valence-corrected chi connectivity index (χ0v) is 11.6. The van der Waals surface area contributed by atoms with Crippen molar-refractivity contribution < 1.29 is 0 Å². The number of nitrogen functional groups attached to an aromatic ring is 1. The van der Waals surface area contributed by atoms with Crippen molar-refractivity contribution in [1.29, 1.82) is 0 Å². The van der Waals surface area contributed by atoms with E-state index in [9.17, 15) is 4.79 Å². The third kappa shape index (κ3) is 1.70. The minimum atomic E-state index is -0.0689. The Morgan fingerprint density at radius 2 is 1.89 bits per heavy atom. The van der Waals surface area contributed by atoms with Gasteiger partial charge in [-0.15, -0.1) is 0 Å². The molecular weight excluding hydrogens is 228 g/mol. The SMILES string of the molecule is CC(C)c1cn(C(C)C)c2nc(N)n(C)c(=O)c12. The summed E-state index contributed by atoms with van der Waals surface area (Å²) < 4.78 is 3.42. The summed E-state index contributed by atoms with van der Waals surface area (Å²) in [6.07, 6.45) is 2.02. The maximum Gasteiger partial charge on any atom is 0.264 e. The van der Waals surface area contributed by atoms with Crippen molar-refractivity contribution in [2.75, 3.05) is 5.73 Å². The van der Waals surface area contributed by atoms with Crippen LogP contribution in [-0.4, -0.2) is 14.1 Å². The van der Waals surface area contributed by atoms with Gasteiger partial charge >= 0.3 is 0 Å². The number of hydrogen-bond donors (Lipinski definition) is 1. The van der Waals surface area contributed by atoms with E-state index in [4.69, 9.17) is 5.73 Å². The fourth-order valence-electron chi connectivity index (χ4n) is 2.15. The minimum Gasteiger partial charge on any atom is -0.369 e. The van der Waals surface area contributed by atoms with E-state index < -0.39 is 0 Å². The molecular formula is C13H20N4O. The molecule has 2 rings (SSSR count). The molecule has 2 heterocycles. The van der Waals surface area contributed by atoms with Crippen molar-refractivity contribution in [3.05, 3.63) is 22.1 Å². The molecule has 0 aromatic carbocycles. The molecule has 0 saturated carbocycles. The quantitative estimate of drug-likeness (QED) is 0.884. The molecule has 0 saturated heterocycles. The molecule has 0 spiro atoms. The lowest BCUT2D eigenvalue weighted by molar-refractivity contribution is 0.613. The van der Waals surface area contributed by atoms with Gasteiger partial charge in [-0.05, 0) is 25.3 Å². The van der Waals surface area contributed by atoms with Gasteiger partial charge in [0.1, 0.15) is 5.65 Å². The molecule has 0 atom stereocenters. The Hall–Kier alpha value is -1.78. The van der Waals surface area contributed by atoms with Crippen molar-refractivity contribution in [3.8, 4) is 0 Å². The van der Waals surface area contributed by atoms with Crippen LogP contribution in [-0.2, 0) is 7.05 Å². The van der Waals surface area contributed by atoms with Crippen LogP contribution in [0.5, 0.6) is 0 Å². The average molecular weight is 248 g/mol. The van der Waals surface area contributed by atoms with Crippen molar-refractivity contribution >= 4 is 17.0 Å². The Labute approximate surface area is 106 Å². The summed E-state index contributed by atoms with van der Waals surface area (Å²) in [5.74, 6) is 0.536. The number of nitrogens with zero attached hydrogens (tertiary/aromatic N) is 3. The van der Waals surface area contributed by atoms with Crippen molar-refractivity contribution in [3.63, 3.8) is 0 Å². The average Bonchev–Trinajstić information content (AvgIpc) is 2.65. The van der Waals surface area contributed by atoms with E-state index in [1.165, 1.54) is 4.57 Å². The molecule has 0 aliphatic rings. The zero-order valence-electron chi connectivity index (χ0n) is 11.6. The van der Waals surface area contributed by atoms with Gasteiger partial charge in [0.05, 0.1) is 5.39 Å². The van der Waals surface area contributed by atoms with Gasteiger partial charge in [0.25, 0.3) is 5.56 Å². The molecule has 0 aliphatic carbocycles. The highest BCUT2D eigenvalue weighted by molar-refractivity contribution is 5.81. The summed E-state index contributed by atoms with van der Waals surface area (Å²) in [6, 6.07) is 0.249. The summed E-state index contributed by atoms with van der Waals surface area (Å²) in [4.78, 5) is 16.7. The van der Waals surface area contributed by atoms with Crippen LogP contribution in [0.3, 0.4) is 0 Å². The van der Waals surface area contributed by atoms with Crippen LogP contribution in [0.25, 0.3) is 11.0 Å². The fourth-order valence-corrected chi connectivity index (χ4v) is 2.15. The normalized spacial score (nSPS) is 11.9. The largest absolute Gasteiger partial charge is 0.369 e. The third-order valence-electron chi connectivity index (χ3n) is 3.30. The first-order chi connectivity index (χ1) is 8.34. The molecule has 98 valence electrons. The number of fused-ring (bicyclic) bond motifs is 1. The van der Waals surface area contributed by atoms with Gasteiger partial charge in [0, 0.05) is 19.3 Å². The molecule has 5 heteroatoms. The van der Waals surface area contributed by atoms with E-state index in [2.05, 4.69) is 32.7 Å². The van der Waals surface area contributed by atoms with E-state index >= 15 is 0 Å². The van der Waals surface area contributed by atoms with Gasteiger partial charge in [0.2, 0.25) is 5.95 Å². The highest BCUT2D eigenvalue weighted by Crippen LogP contribution is 2.26. The second kappa shape index (κ2) is 4.15. The smallest absolute Gasteiger partial charge is 0.264 e. The first-order valence-corrected chi connectivity index (χ1v) is 6.21. The van der Waals surface area contributed by atoms with Crippen molar-refractivity contribution in [2.45, 2.75) is 39.7 Å². The predicted molar refractivity (Wildman–Crippen MR) is 73.9 cm³/mol. The first kappa shape index (κ1) is 12.7. The molecule has 0 amide bonds. The second-order valence-electron chi connectivity index (χ2n) is 5.27. The maximum absolute atomic E-state index is 12.3. The lowest BCUT2D eigenvalue weighted by Gasteiger charge is -2.09. The van der Waals surface area contributed by atoms with Gasteiger partial charge in [-0.25, -0.2) is 0 Å². The number of hydrogen-bond acceptors (Lipinski definition) is 3. The molecule has 2 aromatic heterocycles. The van der Waals surface area contributed by atoms with Crippen LogP contribution in [0.4, 0.5) is 5.95 Å². The second-order valence-corrected chi connectivity index (χ2v) is 5.27. The Balaban J connectivity index is 2.97. The number of rotatable bonds is 2. The van der Waals surface area contributed by atoms with E-state index in [1.807, 2.05) is 10.8 Å². The van der Waals surface area contributed by atoms with Gasteiger partial charge in [-0.2, -0.15) is 4.98 Å². The van der Waals surface area contributed by atoms with Crippen LogP contribution >= 0.6 is 0 Å². The fraction of sp³-hybridized carbons (Fsp3) is 0.538. The molecule has 0 unspecified atom stereocenters. The summed E-state index contributed by atoms with van der Waals surface area (Å²) in [5, 5.41) is 0.690. The zero-order chi connectivity index (χ0) is 13.6. The van der Waals surface area contributed by atoms with Gasteiger partial charge < -0.3 is 10.3 Å². The maximum atomic E-state index is 12.3. The Kier molecular flexibility index (Phi) is 2.92. The molecule has 2 aromatic rings. The van der Waals surface area contributed by atoms with Gasteiger partial charge in [-0.3, -0.25) is 9.36 Å².